The van der Waals surface area contributed by atoms with Crippen molar-refractivity contribution in [1.29, 1.82) is 0 Å². The lowest BCUT2D eigenvalue weighted by molar-refractivity contribution is -0.230. The zero-order chi connectivity index (χ0) is 28.3. The Hall–Kier alpha value is -3.82. The molecule has 15 nitrogen and oxygen atoms in total. The maximum Gasteiger partial charge on any atom is 0.341 e. The van der Waals surface area contributed by atoms with E-state index in [1.807, 2.05) is 6.07 Å². The van der Waals surface area contributed by atoms with E-state index in [0.29, 0.717) is 12.4 Å². The molecule has 212 valence electrons. The molecule has 15 heteroatoms. The van der Waals surface area contributed by atoms with E-state index in [1.165, 1.54) is 19.1 Å². The van der Waals surface area contributed by atoms with Crippen molar-refractivity contribution in [2.75, 3.05) is 33.9 Å². The molecule has 1 aromatic rings. The third-order valence-electron chi connectivity index (χ3n) is 8.09. The number of rotatable bonds is 5. The highest BCUT2D eigenvalue weighted by molar-refractivity contribution is 5.98. The normalized spacial score (nSPS) is 29.5. The number of fused-ring (bicyclic) bond motifs is 1. The Labute approximate surface area is 225 Å². The number of carbonyl (C=O) groups is 2. The molecule has 9 N–H and O–H groups in total. The fourth-order valence-corrected chi connectivity index (χ4v) is 5.82. The second-order valence-electron chi connectivity index (χ2n) is 10.8. The van der Waals surface area contributed by atoms with Crippen molar-refractivity contribution in [3.05, 3.63) is 29.3 Å². The molecule has 1 aromatic carbocycles. The molecule has 0 saturated carbocycles. The standard InChI is InChI=1S/C24H35N9O6/c1-22(2)8-9-39-16-12(6-5-7-13(16)22)18(34)29-15-11-33-20(26)28-14(10-27-21(35)32(3)38-4)17-23(33,24(15,36)37)31-19(25)30-17/h5-7,14-15,17,36-37H,8-11H2,1-4H3,(H2,26,28)(H,27,35)(H,29,34)(H3,25,30,31). The Morgan fingerprint density at radius 1 is 1.31 bits per heavy atom. The molecule has 39 heavy (non-hydrogen) atoms. The van der Waals surface area contributed by atoms with Gasteiger partial charge in [0.2, 0.25) is 5.79 Å². The molecule has 4 aliphatic rings. The number of urea groups is 1. The second-order valence-corrected chi connectivity index (χ2v) is 10.8. The summed E-state index contributed by atoms with van der Waals surface area (Å²) in [5, 5.41) is 32.5. The summed E-state index contributed by atoms with van der Waals surface area (Å²) >= 11 is 0. The number of nitrogens with zero attached hydrogens (tertiary/aromatic N) is 4. The van der Waals surface area contributed by atoms with Crippen LogP contribution in [-0.4, -0.2) is 107 Å². The molecule has 3 amide bonds. The van der Waals surface area contributed by atoms with Crippen LogP contribution in [-0.2, 0) is 10.3 Å². The number of amides is 3. The average molecular weight is 546 g/mol. The van der Waals surface area contributed by atoms with E-state index < -0.39 is 41.5 Å². The van der Waals surface area contributed by atoms with Crippen molar-refractivity contribution >= 4 is 23.9 Å². The number of hydrogen-bond donors (Lipinski definition) is 7. The van der Waals surface area contributed by atoms with Gasteiger partial charge in [-0.15, -0.1) is 0 Å². The predicted molar refractivity (Wildman–Crippen MR) is 140 cm³/mol. The minimum atomic E-state index is -2.61. The lowest BCUT2D eigenvalue weighted by Gasteiger charge is -2.49. The van der Waals surface area contributed by atoms with Gasteiger partial charge in [0.1, 0.15) is 17.8 Å². The van der Waals surface area contributed by atoms with E-state index in [0.717, 1.165) is 17.0 Å². The quantitative estimate of drug-likeness (QED) is 0.156. The minimum absolute atomic E-state index is 0.0330. The highest BCUT2D eigenvalue weighted by Crippen LogP contribution is 2.45. The molecule has 4 heterocycles. The highest BCUT2D eigenvalue weighted by atomic mass is 16.7. The van der Waals surface area contributed by atoms with E-state index in [1.54, 1.807) is 12.1 Å². The molecule has 0 aromatic heterocycles. The lowest BCUT2D eigenvalue weighted by Crippen LogP contribution is -2.78. The molecule has 4 atom stereocenters. The Morgan fingerprint density at radius 2 is 2.05 bits per heavy atom. The van der Waals surface area contributed by atoms with Crippen LogP contribution in [0.15, 0.2) is 28.2 Å². The predicted octanol–water partition coefficient (Wildman–Crippen LogP) is -2.28. The van der Waals surface area contributed by atoms with Crippen molar-refractivity contribution in [2.24, 2.45) is 21.5 Å². The number of benzene rings is 1. The Morgan fingerprint density at radius 3 is 2.77 bits per heavy atom. The Balaban J connectivity index is 1.43. The number of aliphatic hydroxyl groups is 2. The van der Waals surface area contributed by atoms with Crippen molar-refractivity contribution in [1.82, 2.24) is 25.9 Å². The number of nitrogens with one attached hydrogen (secondary N) is 3. The van der Waals surface area contributed by atoms with E-state index in [-0.39, 0.29) is 36.0 Å². The van der Waals surface area contributed by atoms with E-state index in [9.17, 15) is 19.8 Å². The summed E-state index contributed by atoms with van der Waals surface area (Å²) in [4.78, 5) is 40.9. The molecule has 1 fully saturated rings. The molecule has 1 saturated heterocycles. The van der Waals surface area contributed by atoms with Gasteiger partial charge in [-0.05, 0) is 17.9 Å². The molecule has 5 rings (SSSR count). The second kappa shape index (κ2) is 9.14. The van der Waals surface area contributed by atoms with Gasteiger partial charge in [0.05, 0.1) is 25.3 Å². The van der Waals surface area contributed by atoms with Gasteiger partial charge in [-0.1, -0.05) is 26.0 Å². The first kappa shape index (κ1) is 26.8. The topological polar surface area (TPSA) is 212 Å². The zero-order valence-corrected chi connectivity index (χ0v) is 22.3. The number of ether oxygens (including phenoxy) is 1. The van der Waals surface area contributed by atoms with Crippen molar-refractivity contribution in [3.63, 3.8) is 0 Å². The molecule has 4 aliphatic heterocycles. The zero-order valence-electron chi connectivity index (χ0n) is 22.3. The van der Waals surface area contributed by atoms with Gasteiger partial charge in [0.25, 0.3) is 5.91 Å². The fraction of sp³-hybridized carbons (Fsp3) is 0.583. The summed E-state index contributed by atoms with van der Waals surface area (Å²) in [5.41, 5.74) is 11.6. The monoisotopic (exact) mass is 545 g/mol. The van der Waals surface area contributed by atoms with Crippen LogP contribution >= 0.6 is 0 Å². The van der Waals surface area contributed by atoms with Gasteiger partial charge >= 0.3 is 6.03 Å². The third-order valence-corrected chi connectivity index (χ3v) is 8.09. The minimum Gasteiger partial charge on any atom is -0.492 e. The number of hydroxylamine groups is 2. The van der Waals surface area contributed by atoms with E-state index in [2.05, 4.69) is 39.8 Å². The van der Waals surface area contributed by atoms with Crippen LogP contribution in [0.2, 0.25) is 0 Å². The summed E-state index contributed by atoms with van der Waals surface area (Å²) in [5.74, 6) is -2.77. The van der Waals surface area contributed by atoms with Gasteiger partial charge in [0, 0.05) is 25.7 Å². The smallest absolute Gasteiger partial charge is 0.341 e. The Bertz CT molecular complexity index is 1250. The van der Waals surface area contributed by atoms with Gasteiger partial charge in [-0.2, -0.15) is 0 Å². The van der Waals surface area contributed by atoms with Crippen molar-refractivity contribution in [2.45, 2.75) is 55.3 Å². The third kappa shape index (κ3) is 3.99. The molecule has 0 radical (unpaired) electrons. The summed E-state index contributed by atoms with van der Waals surface area (Å²) in [6, 6.07) is 1.79. The summed E-state index contributed by atoms with van der Waals surface area (Å²) in [6.07, 6.45) is 0.804. The molecular weight excluding hydrogens is 510 g/mol. The number of aliphatic imine (C=N–C) groups is 2. The number of nitrogens with two attached hydrogens (primary N) is 2. The maximum absolute atomic E-state index is 13.5. The van der Waals surface area contributed by atoms with Crippen LogP contribution in [0.5, 0.6) is 5.75 Å². The first-order valence-corrected chi connectivity index (χ1v) is 12.6. The first-order valence-electron chi connectivity index (χ1n) is 12.6. The van der Waals surface area contributed by atoms with Crippen LogP contribution in [0, 0.1) is 0 Å². The fourth-order valence-electron chi connectivity index (χ4n) is 5.82. The van der Waals surface area contributed by atoms with Gasteiger partial charge in [-0.25, -0.2) is 19.8 Å². The summed E-state index contributed by atoms with van der Waals surface area (Å²) < 4.78 is 5.88. The number of hydrogen-bond acceptors (Lipinski definition) is 12. The van der Waals surface area contributed by atoms with Crippen LogP contribution in [0.25, 0.3) is 0 Å². The molecule has 0 aliphatic carbocycles. The highest BCUT2D eigenvalue weighted by Gasteiger charge is 2.73. The van der Waals surface area contributed by atoms with Crippen molar-refractivity contribution in [3.8, 4) is 5.75 Å². The van der Waals surface area contributed by atoms with Gasteiger partial charge in [-0.3, -0.25) is 9.63 Å². The average Bonchev–Trinajstić information content (AvgIpc) is 3.35. The van der Waals surface area contributed by atoms with Crippen LogP contribution in [0.3, 0.4) is 0 Å². The Kier molecular flexibility index (Phi) is 6.27. The SMILES string of the molecule is CON(C)C(=O)NCC1N=C(N)N2CC(NC(=O)c3cccc4c3OCCC4(C)C)C(O)(O)C23NC(N)=NC13. The maximum atomic E-state index is 13.5. The van der Waals surface area contributed by atoms with Crippen molar-refractivity contribution < 1.29 is 29.4 Å². The van der Waals surface area contributed by atoms with E-state index in [4.69, 9.17) is 21.0 Å². The molecule has 1 spiro atoms. The number of guanidine groups is 2. The van der Waals surface area contributed by atoms with Crippen LogP contribution in [0.1, 0.15) is 36.2 Å². The number of para-hydroxylation sites is 1. The lowest BCUT2D eigenvalue weighted by atomic mass is 9.79. The van der Waals surface area contributed by atoms with Gasteiger partial charge < -0.3 is 47.3 Å². The summed E-state index contributed by atoms with van der Waals surface area (Å²) in [6.45, 7) is 4.47. The van der Waals surface area contributed by atoms with Crippen LogP contribution < -0.4 is 32.2 Å². The largest absolute Gasteiger partial charge is 0.492 e. The number of carbonyl (C=O) groups excluding carboxylic acids is 2. The molecule has 0 bridgehead atoms. The van der Waals surface area contributed by atoms with Crippen LogP contribution in [0.4, 0.5) is 4.79 Å². The summed E-state index contributed by atoms with van der Waals surface area (Å²) in [7, 11) is 2.77. The first-order chi connectivity index (χ1) is 18.3. The van der Waals surface area contributed by atoms with E-state index >= 15 is 0 Å². The molecular formula is C24H35N9O6. The van der Waals surface area contributed by atoms with Gasteiger partial charge in [0.15, 0.2) is 17.6 Å². The molecule has 4 unspecified atom stereocenters.